The third-order valence-corrected chi connectivity index (χ3v) is 5.80. The summed E-state index contributed by atoms with van der Waals surface area (Å²) >= 11 is 4.74. The number of nitrogens with one attached hydrogen (secondary N) is 1. The van der Waals surface area contributed by atoms with Crippen LogP contribution >= 0.6 is 11.6 Å². The highest BCUT2D eigenvalue weighted by Crippen LogP contribution is 2.37. The van der Waals surface area contributed by atoms with E-state index >= 15 is 0 Å². The third-order valence-electron chi connectivity index (χ3n) is 4.02. The molecule has 0 saturated heterocycles. The average Bonchev–Trinajstić information content (AvgIpc) is 2.96. The first-order valence-corrected chi connectivity index (χ1v) is 8.81. The molecule has 3 aromatic rings. The highest BCUT2D eigenvalue weighted by molar-refractivity contribution is 7.91. The molecule has 2 aromatic heterocycles. The lowest BCUT2D eigenvalue weighted by atomic mass is 9.96. The normalized spacial score (nSPS) is 19.1. The molecule has 0 fully saturated rings. The number of imidazole rings is 1. The fraction of sp³-hybridized carbons (Fsp3) is 0.250. The number of benzene rings is 1. The zero-order valence-corrected chi connectivity index (χ0v) is 13.3. The van der Waals surface area contributed by atoms with Gasteiger partial charge in [-0.2, -0.15) is 4.98 Å². The summed E-state index contributed by atoms with van der Waals surface area (Å²) in [6.45, 7) is 0. The van der Waals surface area contributed by atoms with E-state index in [0.717, 1.165) is 36.0 Å². The smallest absolute Gasteiger partial charge is 0.322 e. The number of aryl methyl sites for hydroxylation is 1. The number of halogens is 1. The van der Waals surface area contributed by atoms with Crippen molar-refractivity contribution in [3.05, 3.63) is 52.8 Å². The molecule has 0 amide bonds. The molecule has 6 heteroatoms. The van der Waals surface area contributed by atoms with Crippen LogP contribution in [0.5, 0.6) is 0 Å². The Balaban J connectivity index is 1.73. The summed E-state index contributed by atoms with van der Waals surface area (Å²) in [5.41, 5.74) is 3.74. The molecule has 22 heavy (non-hydrogen) atoms. The van der Waals surface area contributed by atoms with Gasteiger partial charge in [-0.1, -0.05) is 17.7 Å². The van der Waals surface area contributed by atoms with E-state index < -0.39 is 11.2 Å². The van der Waals surface area contributed by atoms with Crippen LogP contribution in [0.3, 0.4) is 0 Å². The van der Waals surface area contributed by atoms with Crippen LogP contribution in [0.2, 0.25) is 5.02 Å². The first-order chi connectivity index (χ1) is 10.7. The summed E-state index contributed by atoms with van der Waals surface area (Å²) in [5.74, 6) is 0. The van der Waals surface area contributed by atoms with Crippen LogP contribution in [0.4, 0.5) is 0 Å². The van der Waals surface area contributed by atoms with Crippen molar-refractivity contribution in [2.75, 3.05) is 0 Å². The number of aromatic amines is 1. The van der Waals surface area contributed by atoms with Crippen molar-refractivity contribution in [3.8, 4) is 0 Å². The van der Waals surface area contributed by atoms with Crippen molar-refractivity contribution in [1.82, 2.24) is 15.0 Å². The third kappa shape index (κ3) is 2.39. The molecule has 0 spiro atoms. The first-order valence-electron chi connectivity index (χ1n) is 7.22. The van der Waals surface area contributed by atoms with E-state index in [2.05, 4.69) is 21.0 Å². The van der Waals surface area contributed by atoms with Crippen molar-refractivity contribution in [2.45, 2.75) is 29.7 Å². The van der Waals surface area contributed by atoms with Gasteiger partial charge in [0.2, 0.25) is 0 Å². The molecule has 1 N–H and O–H groups in total. The molecule has 2 unspecified atom stereocenters. The van der Waals surface area contributed by atoms with E-state index in [9.17, 15) is 4.55 Å². The van der Waals surface area contributed by atoms with E-state index in [-0.39, 0.29) is 5.25 Å². The van der Waals surface area contributed by atoms with E-state index in [1.807, 2.05) is 12.1 Å². The Kier molecular flexibility index (Phi) is 3.56. The standard InChI is InChI=1S/C16H14ClN3OS/c17-11-6-7-12-13(9-11)20-16(19-12)22(21)14-5-1-3-10-4-2-8-18-15(10)14/h2,4,6-9,14H,1,3,5H2,(H,19,20). The molecule has 1 aliphatic rings. The maximum Gasteiger partial charge on any atom is 0.322 e. The van der Waals surface area contributed by atoms with Gasteiger partial charge in [0.05, 0.1) is 16.7 Å². The van der Waals surface area contributed by atoms with Crippen molar-refractivity contribution >= 4 is 33.8 Å². The number of aromatic nitrogens is 3. The quantitative estimate of drug-likeness (QED) is 0.726. The number of rotatable bonds is 2. The summed E-state index contributed by atoms with van der Waals surface area (Å²) in [4.78, 5) is 12.1. The summed E-state index contributed by atoms with van der Waals surface area (Å²) in [7, 11) is 0. The lowest BCUT2D eigenvalue weighted by Gasteiger charge is -2.24. The summed E-state index contributed by atoms with van der Waals surface area (Å²) in [6.07, 6.45) is 4.68. The summed E-state index contributed by atoms with van der Waals surface area (Å²) in [6, 6.07) is 9.45. The predicted octanol–water partition coefficient (Wildman–Crippen LogP) is 3.80. The second-order valence-electron chi connectivity index (χ2n) is 5.43. The van der Waals surface area contributed by atoms with Gasteiger partial charge in [-0.05, 0) is 42.7 Å². The molecular formula is C16H14ClN3OS. The molecule has 4 nitrogen and oxygen atoms in total. The van der Waals surface area contributed by atoms with Crippen LogP contribution in [0.15, 0.2) is 41.7 Å². The Bertz CT molecular complexity index is 835. The van der Waals surface area contributed by atoms with Gasteiger partial charge in [0.25, 0.3) is 0 Å². The van der Waals surface area contributed by atoms with Gasteiger partial charge in [-0.25, -0.2) is 0 Å². The van der Waals surface area contributed by atoms with Gasteiger partial charge in [0, 0.05) is 28.8 Å². The largest absolute Gasteiger partial charge is 0.608 e. The Hall–Kier alpha value is -1.56. The molecular weight excluding hydrogens is 318 g/mol. The second kappa shape index (κ2) is 5.57. The molecule has 112 valence electrons. The maximum atomic E-state index is 13.0. The van der Waals surface area contributed by atoms with Gasteiger partial charge in [0.1, 0.15) is 0 Å². The average molecular weight is 332 g/mol. The van der Waals surface area contributed by atoms with Gasteiger partial charge in [0.15, 0.2) is 5.25 Å². The van der Waals surface area contributed by atoms with Crippen LogP contribution in [0.25, 0.3) is 11.0 Å². The lowest BCUT2D eigenvalue weighted by Crippen LogP contribution is -2.21. The lowest BCUT2D eigenvalue weighted by molar-refractivity contribution is 0.548. The first kappa shape index (κ1) is 14.1. The van der Waals surface area contributed by atoms with E-state index in [4.69, 9.17) is 11.6 Å². The highest BCUT2D eigenvalue weighted by atomic mass is 35.5. The van der Waals surface area contributed by atoms with Gasteiger partial charge in [-0.15, -0.1) is 0 Å². The van der Waals surface area contributed by atoms with Crippen molar-refractivity contribution < 1.29 is 4.55 Å². The number of hydrogen-bond donors (Lipinski definition) is 1. The molecule has 4 rings (SSSR count). The second-order valence-corrected chi connectivity index (χ2v) is 7.42. The van der Waals surface area contributed by atoms with Crippen molar-refractivity contribution in [1.29, 1.82) is 0 Å². The Morgan fingerprint density at radius 3 is 3.14 bits per heavy atom. The van der Waals surface area contributed by atoms with Gasteiger partial charge in [-0.3, -0.25) is 9.97 Å². The number of nitrogens with zero attached hydrogens (tertiary/aromatic N) is 2. The maximum absolute atomic E-state index is 13.0. The van der Waals surface area contributed by atoms with Crippen molar-refractivity contribution in [2.24, 2.45) is 0 Å². The zero-order valence-electron chi connectivity index (χ0n) is 11.8. The van der Waals surface area contributed by atoms with Crippen LogP contribution in [-0.4, -0.2) is 19.5 Å². The monoisotopic (exact) mass is 331 g/mol. The minimum Gasteiger partial charge on any atom is -0.608 e. The van der Waals surface area contributed by atoms with E-state index in [1.54, 1.807) is 18.3 Å². The van der Waals surface area contributed by atoms with Crippen LogP contribution in [-0.2, 0) is 17.6 Å². The van der Waals surface area contributed by atoms with Crippen LogP contribution in [0, 0.1) is 0 Å². The van der Waals surface area contributed by atoms with Crippen LogP contribution < -0.4 is 0 Å². The fourth-order valence-electron chi connectivity index (χ4n) is 2.96. The Morgan fingerprint density at radius 1 is 1.32 bits per heavy atom. The molecule has 1 aromatic carbocycles. The molecule has 2 heterocycles. The zero-order chi connectivity index (χ0) is 15.1. The number of pyridine rings is 1. The fourth-order valence-corrected chi connectivity index (χ4v) is 4.59. The Morgan fingerprint density at radius 2 is 2.23 bits per heavy atom. The molecule has 0 bridgehead atoms. The van der Waals surface area contributed by atoms with Gasteiger partial charge >= 0.3 is 5.16 Å². The molecule has 1 aliphatic carbocycles. The van der Waals surface area contributed by atoms with Crippen molar-refractivity contribution in [3.63, 3.8) is 0 Å². The number of H-pyrrole nitrogens is 1. The molecule has 2 atom stereocenters. The predicted molar refractivity (Wildman–Crippen MR) is 87.4 cm³/mol. The number of hydrogen-bond acceptors (Lipinski definition) is 3. The minimum atomic E-state index is -1.24. The Labute approximate surface area is 136 Å². The molecule has 0 aliphatic heterocycles. The molecule has 0 radical (unpaired) electrons. The SMILES string of the molecule is [O-][S+](c1nc2cc(Cl)ccc2[nH]1)C1CCCc2cccnc21. The van der Waals surface area contributed by atoms with E-state index in [0.29, 0.717) is 10.2 Å². The van der Waals surface area contributed by atoms with E-state index in [1.165, 1.54) is 5.56 Å². The number of fused-ring (bicyclic) bond motifs is 2. The van der Waals surface area contributed by atoms with Gasteiger partial charge < -0.3 is 4.55 Å². The summed E-state index contributed by atoms with van der Waals surface area (Å²) < 4.78 is 13.0. The topological polar surface area (TPSA) is 64.6 Å². The minimum absolute atomic E-state index is 0.0963. The summed E-state index contributed by atoms with van der Waals surface area (Å²) in [5, 5.41) is 1.03. The highest BCUT2D eigenvalue weighted by Gasteiger charge is 2.34. The van der Waals surface area contributed by atoms with Crippen LogP contribution in [0.1, 0.15) is 29.3 Å². The molecule has 0 saturated carbocycles.